The largest absolute Gasteiger partial charge is 0.335 e. The molecule has 2 rings (SSSR count). The number of nitrogens with zero attached hydrogens (tertiary/aromatic N) is 2. The first kappa shape index (κ1) is 13.6. The Hall–Kier alpha value is -0.870. The Morgan fingerprint density at radius 1 is 1.44 bits per heavy atom. The lowest BCUT2D eigenvalue weighted by molar-refractivity contribution is 0.295. The number of aromatic nitrogens is 2. The third-order valence-corrected chi connectivity index (χ3v) is 4.15. The van der Waals surface area contributed by atoms with E-state index in [1.165, 1.54) is 38.5 Å². The van der Waals surface area contributed by atoms with E-state index in [9.17, 15) is 0 Å². The lowest BCUT2D eigenvalue weighted by atomic mass is 9.84. The molecule has 0 bridgehead atoms. The molecule has 102 valence electrons. The minimum Gasteiger partial charge on any atom is -0.335 e. The molecular formula is C14H26N4. The predicted molar refractivity (Wildman–Crippen MR) is 73.9 cm³/mol. The average Bonchev–Trinajstić information content (AvgIpc) is 2.86. The summed E-state index contributed by atoms with van der Waals surface area (Å²) in [5, 5.41) is 0. The Balaban J connectivity index is 1.88. The van der Waals surface area contributed by atoms with Crippen molar-refractivity contribution in [2.45, 2.75) is 64.5 Å². The maximum absolute atomic E-state index is 5.71. The number of aryl methyl sites for hydroxylation is 1. The molecular weight excluding hydrogens is 224 g/mol. The van der Waals surface area contributed by atoms with Gasteiger partial charge in [-0.2, -0.15) is 0 Å². The monoisotopic (exact) mass is 250 g/mol. The van der Waals surface area contributed by atoms with Crippen molar-refractivity contribution in [2.24, 2.45) is 11.8 Å². The third-order valence-electron chi connectivity index (χ3n) is 4.15. The molecule has 1 atom stereocenters. The summed E-state index contributed by atoms with van der Waals surface area (Å²) in [4.78, 5) is 4.44. The Labute approximate surface area is 110 Å². The van der Waals surface area contributed by atoms with Crippen molar-refractivity contribution in [1.29, 1.82) is 0 Å². The first-order chi connectivity index (χ1) is 8.83. The van der Waals surface area contributed by atoms with E-state index in [-0.39, 0.29) is 0 Å². The fourth-order valence-corrected chi connectivity index (χ4v) is 3.07. The Morgan fingerprint density at radius 3 is 2.89 bits per heavy atom. The normalized spacial score (nSPS) is 19.0. The van der Waals surface area contributed by atoms with E-state index in [2.05, 4.69) is 21.9 Å². The molecule has 18 heavy (non-hydrogen) atoms. The van der Waals surface area contributed by atoms with Crippen molar-refractivity contribution in [2.75, 3.05) is 0 Å². The summed E-state index contributed by atoms with van der Waals surface area (Å²) in [5.41, 5.74) is 2.99. The van der Waals surface area contributed by atoms with Gasteiger partial charge >= 0.3 is 0 Å². The van der Waals surface area contributed by atoms with Crippen molar-refractivity contribution in [1.82, 2.24) is 15.0 Å². The minimum absolute atomic E-state index is 0.362. The van der Waals surface area contributed by atoms with Gasteiger partial charge in [0, 0.05) is 31.4 Å². The molecule has 1 saturated carbocycles. The van der Waals surface area contributed by atoms with Crippen LogP contribution in [0.3, 0.4) is 0 Å². The second-order valence-electron chi connectivity index (χ2n) is 5.44. The van der Waals surface area contributed by atoms with E-state index in [1.54, 1.807) is 0 Å². The van der Waals surface area contributed by atoms with E-state index in [1.807, 2.05) is 12.4 Å². The molecule has 1 aliphatic rings. The standard InChI is InChI=1S/C14H26N4/c1-2-18-9-8-16-14(18)11-13(17-15)10-12-6-4-3-5-7-12/h8-9,12-13,17H,2-7,10-11,15H2,1H3. The number of nitrogens with two attached hydrogens (primary N) is 1. The van der Waals surface area contributed by atoms with Crippen LogP contribution >= 0.6 is 0 Å². The van der Waals surface area contributed by atoms with Crippen LogP contribution in [0.2, 0.25) is 0 Å². The van der Waals surface area contributed by atoms with Crippen molar-refractivity contribution >= 4 is 0 Å². The highest BCUT2D eigenvalue weighted by Crippen LogP contribution is 2.27. The summed E-state index contributed by atoms with van der Waals surface area (Å²) in [7, 11) is 0. The molecule has 4 nitrogen and oxygen atoms in total. The van der Waals surface area contributed by atoms with Gasteiger partial charge in [0.2, 0.25) is 0 Å². The van der Waals surface area contributed by atoms with E-state index >= 15 is 0 Å². The zero-order valence-corrected chi connectivity index (χ0v) is 11.4. The lowest BCUT2D eigenvalue weighted by Gasteiger charge is -2.26. The van der Waals surface area contributed by atoms with Crippen LogP contribution in [0.4, 0.5) is 0 Å². The van der Waals surface area contributed by atoms with Gasteiger partial charge in [-0.05, 0) is 19.3 Å². The van der Waals surface area contributed by atoms with E-state index in [0.29, 0.717) is 6.04 Å². The van der Waals surface area contributed by atoms with Crippen LogP contribution in [0.5, 0.6) is 0 Å². The summed E-state index contributed by atoms with van der Waals surface area (Å²) in [6, 6.07) is 0.362. The number of rotatable bonds is 6. The van der Waals surface area contributed by atoms with Crippen LogP contribution in [-0.2, 0) is 13.0 Å². The van der Waals surface area contributed by atoms with Crippen molar-refractivity contribution < 1.29 is 0 Å². The predicted octanol–water partition coefficient (Wildman–Crippen LogP) is 2.25. The summed E-state index contributed by atoms with van der Waals surface area (Å²) in [5.74, 6) is 7.71. The highest BCUT2D eigenvalue weighted by Gasteiger charge is 2.19. The summed E-state index contributed by atoms with van der Waals surface area (Å²) >= 11 is 0. The molecule has 1 heterocycles. The maximum atomic E-state index is 5.71. The highest BCUT2D eigenvalue weighted by molar-refractivity contribution is 4.95. The number of hydrogen-bond donors (Lipinski definition) is 2. The highest BCUT2D eigenvalue weighted by atomic mass is 15.2. The minimum atomic E-state index is 0.362. The fourth-order valence-electron chi connectivity index (χ4n) is 3.07. The van der Waals surface area contributed by atoms with Crippen LogP contribution in [0.25, 0.3) is 0 Å². The topological polar surface area (TPSA) is 55.9 Å². The Morgan fingerprint density at radius 2 is 2.22 bits per heavy atom. The van der Waals surface area contributed by atoms with Crippen LogP contribution in [-0.4, -0.2) is 15.6 Å². The fraction of sp³-hybridized carbons (Fsp3) is 0.786. The van der Waals surface area contributed by atoms with Crippen molar-refractivity contribution in [3.63, 3.8) is 0 Å². The molecule has 0 radical (unpaired) electrons. The van der Waals surface area contributed by atoms with E-state index in [0.717, 1.165) is 24.7 Å². The molecule has 1 unspecified atom stereocenters. The Bertz CT molecular complexity index is 341. The van der Waals surface area contributed by atoms with Crippen LogP contribution in [0.15, 0.2) is 12.4 Å². The first-order valence-electron chi connectivity index (χ1n) is 7.29. The molecule has 4 heteroatoms. The molecule has 0 saturated heterocycles. The molecule has 0 amide bonds. The first-order valence-corrected chi connectivity index (χ1v) is 7.29. The molecule has 1 aromatic rings. The molecule has 0 spiro atoms. The van der Waals surface area contributed by atoms with Crippen molar-refractivity contribution in [3.8, 4) is 0 Å². The number of imidazole rings is 1. The van der Waals surface area contributed by atoms with Gasteiger partial charge in [0.15, 0.2) is 0 Å². The van der Waals surface area contributed by atoms with Crippen LogP contribution in [0.1, 0.15) is 51.3 Å². The molecule has 1 fully saturated rings. The van der Waals surface area contributed by atoms with Crippen molar-refractivity contribution in [3.05, 3.63) is 18.2 Å². The van der Waals surface area contributed by atoms with E-state index in [4.69, 9.17) is 5.84 Å². The number of nitrogens with one attached hydrogen (secondary N) is 1. The maximum Gasteiger partial charge on any atom is 0.110 e. The Kier molecular flexibility index (Phi) is 5.20. The van der Waals surface area contributed by atoms with Gasteiger partial charge in [0.1, 0.15) is 5.82 Å². The van der Waals surface area contributed by atoms with Gasteiger partial charge in [-0.3, -0.25) is 11.3 Å². The van der Waals surface area contributed by atoms with Gasteiger partial charge in [-0.1, -0.05) is 32.1 Å². The van der Waals surface area contributed by atoms with Gasteiger partial charge in [0.05, 0.1) is 0 Å². The van der Waals surface area contributed by atoms with Gasteiger partial charge in [-0.15, -0.1) is 0 Å². The zero-order valence-electron chi connectivity index (χ0n) is 11.4. The zero-order chi connectivity index (χ0) is 12.8. The summed E-state index contributed by atoms with van der Waals surface area (Å²) < 4.78 is 2.20. The molecule has 1 aromatic heterocycles. The molecule has 0 aliphatic heterocycles. The molecule has 3 N–H and O–H groups in total. The third kappa shape index (κ3) is 3.56. The summed E-state index contributed by atoms with van der Waals surface area (Å²) in [6.45, 7) is 3.13. The second-order valence-corrected chi connectivity index (χ2v) is 5.44. The lowest BCUT2D eigenvalue weighted by Crippen LogP contribution is -2.39. The molecule has 0 aromatic carbocycles. The van der Waals surface area contributed by atoms with Gasteiger partial charge in [0.25, 0.3) is 0 Å². The van der Waals surface area contributed by atoms with E-state index < -0.39 is 0 Å². The van der Waals surface area contributed by atoms with Gasteiger partial charge in [-0.25, -0.2) is 4.98 Å². The van der Waals surface area contributed by atoms with Crippen LogP contribution < -0.4 is 11.3 Å². The quantitative estimate of drug-likeness (QED) is 0.601. The van der Waals surface area contributed by atoms with Crippen LogP contribution in [0, 0.1) is 5.92 Å². The average molecular weight is 250 g/mol. The van der Waals surface area contributed by atoms with Gasteiger partial charge < -0.3 is 4.57 Å². The SMILES string of the molecule is CCn1ccnc1CC(CC1CCCCC1)NN. The smallest absolute Gasteiger partial charge is 0.110 e. The second kappa shape index (κ2) is 6.90. The molecule has 1 aliphatic carbocycles. The number of hydrazine groups is 1. The number of hydrogen-bond acceptors (Lipinski definition) is 3. The summed E-state index contributed by atoms with van der Waals surface area (Å²) in [6.07, 6.45) is 13.0.